The van der Waals surface area contributed by atoms with E-state index in [1.165, 1.54) is 7.11 Å². The minimum Gasteiger partial charge on any atom is -0.493 e. The molecule has 1 heterocycles. The highest BCUT2D eigenvalue weighted by Gasteiger charge is 2.19. The summed E-state index contributed by atoms with van der Waals surface area (Å²) in [7, 11) is 1.51. The number of nitrogens with zero attached hydrogens (tertiary/aromatic N) is 3. The van der Waals surface area contributed by atoms with E-state index >= 15 is 0 Å². The molecule has 8 nitrogen and oxygen atoms in total. The Morgan fingerprint density at radius 3 is 2.62 bits per heavy atom. The zero-order valence-corrected chi connectivity index (χ0v) is 14.3. The Hall–Kier alpha value is -3.55. The van der Waals surface area contributed by atoms with Gasteiger partial charge in [0.25, 0.3) is 0 Å². The number of ether oxygens (including phenoxy) is 2. The lowest BCUT2D eigenvalue weighted by Gasteiger charge is -2.14. The maximum atomic E-state index is 9.08. The van der Waals surface area contributed by atoms with E-state index in [9.17, 15) is 0 Å². The SMILES string of the molecule is COc1cc(/C(N)=N/O)c(-c2noc(C)n2)cc1OCc1ccccc1. The van der Waals surface area contributed by atoms with Gasteiger partial charge in [-0.25, -0.2) is 0 Å². The van der Waals surface area contributed by atoms with E-state index in [1.54, 1.807) is 19.1 Å². The molecule has 0 aliphatic heterocycles. The molecule has 3 N–H and O–H groups in total. The summed E-state index contributed by atoms with van der Waals surface area (Å²) in [4.78, 5) is 4.21. The average Bonchev–Trinajstić information content (AvgIpc) is 3.12. The maximum Gasteiger partial charge on any atom is 0.223 e. The fraction of sp³-hybridized carbons (Fsp3) is 0.167. The van der Waals surface area contributed by atoms with Crippen molar-refractivity contribution in [2.45, 2.75) is 13.5 Å². The van der Waals surface area contributed by atoms with E-state index in [2.05, 4.69) is 15.3 Å². The highest BCUT2D eigenvalue weighted by molar-refractivity contribution is 6.03. The Balaban J connectivity index is 2.03. The summed E-state index contributed by atoms with van der Waals surface area (Å²) in [6.45, 7) is 2.03. The smallest absolute Gasteiger partial charge is 0.223 e. The molecule has 0 spiro atoms. The monoisotopic (exact) mass is 354 g/mol. The molecule has 0 fully saturated rings. The summed E-state index contributed by atoms with van der Waals surface area (Å²) < 4.78 is 16.3. The predicted molar refractivity (Wildman–Crippen MR) is 94.3 cm³/mol. The largest absolute Gasteiger partial charge is 0.493 e. The van der Waals surface area contributed by atoms with Crippen molar-refractivity contribution in [1.29, 1.82) is 0 Å². The van der Waals surface area contributed by atoms with Gasteiger partial charge in [-0.3, -0.25) is 0 Å². The molecule has 1 aromatic heterocycles. The van der Waals surface area contributed by atoms with Gasteiger partial charge in [0.1, 0.15) is 6.61 Å². The highest BCUT2D eigenvalue weighted by atomic mass is 16.5. The summed E-state index contributed by atoms with van der Waals surface area (Å²) in [5, 5.41) is 16.0. The molecule has 0 atom stereocenters. The van der Waals surface area contributed by atoms with E-state index in [0.29, 0.717) is 40.9 Å². The molecular weight excluding hydrogens is 336 g/mol. The lowest BCUT2D eigenvalue weighted by Crippen LogP contribution is -2.15. The van der Waals surface area contributed by atoms with E-state index in [4.69, 9.17) is 24.9 Å². The van der Waals surface area contributed by atoms with E-state index in [-0.39, 0.29) is 5.84 Å². The maximum absolute atomic E-state index is 9.08. The third-order valence-electron chi connectivity index (χ3n) is 3.69. The molecule has 0 aliphatic rings. The fourth-order valence-corrected chi connectivity index (χ4v) is 2.43. The van der Waals surface area contributed by atoms with Crippen LogP contribution in [0, 0.1) is 6.92 Å². The first-order valence-corrected chi connectivity index (χ1v) is 7.79. The molecule has 3 aromatic rings. The first-order chi connectivity index (χ1) is 12.6. The van der Waals surface area contributed by atoms with Crippen molar-refractivity contribution in [1.82, 2.24) is 10.1 Å². The third-order valence-corrected chi connectivity index (χ3v) is 3.69. The molecule has 3 rings (SSSR count). The van der Waals surface area contributed by atoms with E-state index < -0.39 is 0 Å². The van der Waals surface area contributed by atoms with Gasteiger partial charge in [0.15, 0.2) is 17.3 Å². The van der Waals surface area contributed by atoms with Crippen LogP contribution in [0.2, 0.25) is 0 Å². The zero-order valence-electron chi connectivity index (χ0n) is 14.3. The minimum absolute atomic E-state index is 0.102. The number of benzene rings is 2. The summed E-state index contributed by atoms with van der Waals surface area (Å²) in [6, 6.07) is 13.0. The van der Waals surface area contributed by atoms with Crippen LogP contribution in [0.25, 0.3) is 11.4 Å². The number of amidine groups is 1. The quantitative estimate of drug-likeness (QED) is 0.302. The molecular formula is C18H18N4O4. The van der Waals surface area contributed by atoms with Crippen molar-refractivity contribution < 1.29 is 19.2 Å². The van der Waals surface area contributed by atoms with Crippen LogP contribution in [0.4, 0.5) is 0 Å². The average molecular weight is 354 g/mol. The van der Waals surface area contributed by atoms with Crippen molar-refractivity contribution in [3.05, 3.63) is 59.5 Å². The molecule has 0 unspecified atom stereocenters. The van der Waals surface area contributed by atoms with Gasteiger partial charge in [0.2, 0.25) is 11.7 Å². The predicted octanol–water partition coefficient (Wildman–Crippen LogP) is 2.73. The van der Waals surface area contributed by atoms with Crippen LogP contribution in [0.1, 0.15) is 17.0 Å². The van der Waals surface area contributed by atoms with Gasteiger partial charge >= 0.3 is 0 Å². The number of aromatic nitrogens is 2. The molecule has 134 valence electrons. The molecule has 0 saturated heterocycles. The van der Waals surface area contributed by atoms with Crippen LogP contribution >= 0.6 is 0 Å². The summed E-state index contributed by atoms with van der Waals surface area (Å²) >= 11 is 0. The van der Waals surface area contributed by atoms with Gasteiger partial charge in [-0.1, -0.05) is 40.6 Å². The molecule has 0 radical (unpaired) electrons. The number of hydrogen-bond donors (Lipinski definition) is 2. The Morgan fingerprint density at radius 1 is 1.23 bits per heavy atom. The lowest BCUT2D eigenvalue weighted by atomic mass is 10.0. The second kappa shape index (κ2) is 7.56. The Bertz CT molecular complexity index is 922. The molecule has 0 amide bonds. The van der Waals surface area contributed by atoms with Crippen molar-refractivity contribution in [2.24, 2.45) is 10.9 Å². The summed E-state index contributed by atoms with van der Waals surface area (Å²) in [6.07, 6.45) is 0. The Kier molecular flexibility index (Phi) is 5.02. The zero-order chi connectivity index (χ0) is 18.5. The Labute approximate surface area is 149 Å². The molecule has 26 heavy (non-hydrogen) atoms. The van der Waals surface area contributed by atoms with Gasteiger partial charge in [-0.15, -0.1) is 0 Å². The number of oxime groups is 1. The number of methoxy groups -OCH3 is 1. The number of nitrogens with two attached hydrogens (primary N) is 1. The van der Waals surface area contributed by atoms with Crippen LogP contribution in [-0.4, -0.2) is 28.3 Å². The van der Waals surface area contributed by atoms with Gasteiger partial charge in [0, 0.05) is 18.1 Å². The van der Waals surface area contributed by atoms with Crippen molar-refractivity contribution in [3.8, 4) is 22.9 Å². The molecule has 0 bridgehead atoms. The van der Waals surface area contributed by atoms with E-state index in [1.807, 2.05) is 30.3 Å². The number of aryl methyl sites for hydroxylation is 1. The Morgan fingerprint density at radius 2 is 2.00 bits per heavy atom. The molecule has 0 saturated carbocycles. The first kappa shape index (κ1) is 17.3. The van der Waals surface area contributed by atoms with E-state index in [0.717, 1.165) is 5.56 Å². The summed E-state index contributed by atoms with van der Waals surface area (Å²) in [5.41, 5.74) is 7.70. The fourth-order valence-electron chi connectivity index (χ4n) is 2.43. The van der Waals surface area contributed by atoms with Crippen molar-refractivity contribution in [2.75, 3.05) is 7.11 Å². The van der Waals surface area contributed by atoms with Gasteiger partial charge in [-0.05, 0) is 17.7 Å². The number of hydrogen-bond acceptors (Lipinski definition) is 7. The van der Waals surface area contributed by atoms with Gasteiger partial charge in [0.05, 0.1) is 7.11 Å². The second-order valence-corrected chi connectivity index (χ2v) is 5.45. The van der Waals surface area contributed by atoms with Crippen LogP contribution in [0.15, 0.2) is 52.1 Å². The van der Waals surface area contributed by atoms with Crippen LogP contribution < -0.4 is 15.2 Å². The first-order valence-electron chi connectivity index (χ1n) is 7.79. The van der Waals surface area contributed by atoms with Crippen molar-refractivity contribution >= 4 is 5.84 Å². The normalized spacial score (nSPS) is 11.4. The topological polar surface area (TPSA) is 116 Å². The van der Waals surface area contributed by atoms with Crippen molar-refractivity contribution in [3.63, 3.8) is 0 Å². The second-order valence-electron chi connectivity index (χ2n) is 5.45. The third kappa shape index (κ3) is 3.59. The molecule has 0 aliphatic carbocycles. The molecule has 2 aromatic carbocycles. The number of rotatable bonds is 6. The summed E-state index contributed by atoms with van der Waals surface area (Å²) in [5.74, 6) is 1.51. The highest BCUT2D eigenvalue weighted by Crippen LogP contribution is 2.35. The van der Waals surface area contributed by atoms with Crippen LogP contribution in [0.5, 0.6) is 11.5 Å². The minimum atomic E-state index is -0.102. The van der Waals surface area contributed by atoms with Gasteiger partial charge in [-0.2, -0.15) is 4.98 Å². The van der Waals surface area contributed by atoms with Crippen LogP contribution in [0.3, 0.4) is 0 Å². The standard InChI is InChI=1S/C18H18N4O4/c1-11-20-18(22-26-11)14-9-16(25-10-12-6-4-3-5-7-12)15(24-2)8-13(14)17(19)21-23/h3-9,23H,10H2,1-2H3,(H2,19,21). The lowest BCUT2D eigenvalue weighted by molar-refractivity contribution is 0.284. The van der Waals surface area contributed by atoms with Gasteiger partial charge < -0.3 is 24.9 Å². The molecule has 8 heteroatoms. The van der Waals surface area contributed by atoms with Crippen LogP contribution in [-0.2, 0) is 6.61 Å².